The van der Waals surface area contributed by atoms with Crippen LogP contribution in [0.15, 0.2) is 12.7 Å². The predicted octanol–water partition coefficient (Wildman–Crippen LogP) is 0.380. The van der Waals surface area contributed by atoms with Gasteiger partial charge in [-0.1, -0.05) is 6.08 Å². The van der Waals surface area contributed by atoms with Crippen LogP contribution in [-0.4, -0.2) is 37.5 Å². The van der Waals surface area contributed by atoms with Crippen LogP contribution < -0.4 is 5.32 Å². The highest BCUT2D eigenvalue weighted by molar-refractivity contribution is 5.78. The lowest BCUT2D eigenvalue weighted by Gasteiger charge is -2.16. The molecule has 0 saturated carbocycles. The number of amides is 1. The Morgan fingerprint density at radius 2 is 2.43 bits per heavy atom. The molecule has 0 aliphatic heterocycles. The number of carbonyl (C=O) groups excluding carboxylic acids is 1. The highest BCUT2D eigenvalue weighted by Crippen LogP contribution is 1.94. The standard InChI is InChI=1S/C10H17N3O/c1-4-5-12-10(14)8-13(3)7-9(2)6-11/h4,9H,1,5,7-8H2,2-3H3,(H,12,14). The van der Waals surface area contributed by atoms with E-state index in [-0.39, 0.29) is 11.8 Å². The average molecular weight is 195 g/mol. The molecule has 0 aromatic rings. The number of nitriles is 1. The Morgan fingerprint density at radius 1 is 1.79 bits per heavy atom. The van der Waals surface area contributed by atoms with Gasteiger partial charge in [0.05, 0.1) is 18.5 Å². The zero-order valence-corrected chi connectivity index (χ0v) is 8.79. The third-order valence-electron chi connectivity index (χ3n) is 1.66. The van der Waals surface area contributed by atoms with Crippen molar-refractivity contribution < 1.29 is 4.79 Å². The quantitative estimate of drug-likeness (QED) is 0.623. The van der Waals surface area contributed by atoms with Crippen LogP contribution in [-0.2, 0) is 4.79 Å². The van der Waals surface area contributed by atoms with Crippen molar-refractivity contribution >= 4 is 5.91 Å². The summed E-state index contributed by atoms with van der Waals surface area (Å²) < 4.78 is 0. The van der Waals surface area contributed by atoms with Crippen molar-refractivity contribution in [1.29, 1.82) is 5.26 Å². The van der Waals surface area contributed by atoms with E-state index < -0.39 is 0 Å². The summed E-state index contributed by atoms with van der Waals surface area (Å²) in [6.07, 6.45) is 1.63. The molecule has 4 nitrogen and oxygen atoms in total. The number of carbonyl (C=O) groups is 1. The number of rotatable bonds is 6. The van der Waals surface area contributed by atoms with Crippen molar-refractivity contribution in [3.63, 3.8) is 0 Å². The van der Waals surface area contributed by atoms with Gasteiger partial charge in [0.2, 0.25) is 5.91 Å². The van der Waals surface area contributed by atoms with E-state index in [1.54, 1.807) is 6.08 Å². The molecule has 0 aromatic carbocycles. The van der Waals surface area contributed by atoms with Gasteiger partial charge in [-0.25, -0.2) is 0 Å². The lowest BCUT2D eigenvalue weighted by Crippen LogP contribution is -2.36. The van der Waals surface area contributed by atoms with Gasteiger partial charge in [0.25, 0.3) is 0 Å². The number of likely N-dealkylation sites (N-methyl/N-ethyl adjacent to an activating group) is 1. The van der Waals surface area contributed by atoms with Crippen LogP contribution in [0.25, 0.3) is 0 Å². The van der Waals surface area contributed by atoms with E-state index in [0.717, 1.165) is 0 Å². The Morgan fingerprint density at radius 3 is 2.93 bits per heavy atom. The molecule has 0 aliphatic rings. The first-order valence-corrected chi connectivity index (χ1v) is 4.56. The normalized spacial score (nSPS) is 11.9. The molecule has 0 saturated heterocycles. The molecule has 0 aromatic heterocycles. The number of hydrogen-bond acceptors (Lipinski definition) is 3. The first-order chi connectivity index (χ1) is 6.60. The number of nitrogens with zero attached hydrogens (tertiary/aromatic N) is 2. The highest BCUT2D eigenvalue weighted by atomic mass is 16.1. The summed E-state index contributed by atoms with van der Waals surface area (Å²) in [5.41, 5.74) is 0. The lowest BCUT2D eigenvalue weighted by molar-refractivity contribution is -0.121. The molecule has 0 radical (unpaired) electrons. The van der Waals surface area contributed by atoms with Crippen molar-refractivity contribution in [2.75, 3.05) is 26.7 Å². The molecule has 14 heavy (non-hydrogen) atoms. The van der Waals surface area contributed by atoms with Crippen LogP contribution in [0.4, 0.5) is 0 Å². The van der Waals surface area contributed by atoms with Gasteiger partial charge >= 0.3 is 0 Å². The lowest BCUT2D eigenvalue weighted by atomic mass is 10.2. The summed E-state index contributed by atoms with van der Waals surface area (Å²) in [6, 6.07) is 2.12. The predicted molar refractivity (Wildman–Crippen MR) is 55.5 cm³/mol. The highest BCUT2D eigenvalue weighted by Gasteiger charge is 2.08. The summed E-state index contributed by atoms with van der Waals surface area (Å²) in [4.78, 5) is 13.0. The Kier molecular flexibility index (Phi) is 6.42. The smallest absolute Gasteiger partial charge is 0.234 e. The minimum Gasteiger partial charge on any atom is -0.352 e. The average Bonchev–Trinajstić information content (AvgIpc) is 2.14. The van der Waals surface area contributed by atoms with Crippen molar-refractivity contribution in [3.8, 4) is 6.07 Å². The van der Waals surface area contributed by atoms with Gasteiger partial charge < -0.3 is 5.32 Å². The van der Waals surface area contributed by atoms with E-state index in [0.29, 0.717) is 19.6 Å². The second-order valence-corrected chi connectivity index (χ2v) is 3.32. The van der Waals surface area contributed by atoms with E-state index in [1.807, 2.05) is 18.9 Å². The Balaban J connectivity index is 3.71. The van der Waals surface area contributed by atoms with Gasteiger partial charge in [-0.2, -0.15) is 5.26 Å². The fourth-order valence-electron chi connectivity index (χ4n) is 1.06. The molecule has 4 heteroatoms. The van der Waals surface area contributed by atoms with E-state index >= 15 is 0 Å². The minimum atomic E-state index is -0.0489. The maximum atomic E-state index is 11.2. The molecule has 0 aliphatic carbocycles. The zero-order valence-electron chi connectivity index (χ0n) is 8.79. The van der Waals surface area contributed by atoms with E-state index in [2.05, 4.69) is 18.0 Å². The van der Waals surface area contributed by atoms with Crippen LogP contribution in [0.5, 0.6) is 0 Å². The molecule has 1 amide bonds. The van der Waals surface area contributed by atoms with Gasteiger partial charge in [-0.3, -0.25) is 9.69 Å². The molecule has 0 rings (SSSR count). The summed E-state index contributed by atoms with van der Waals surface area (Å²) in [5.74, 6) is -0.0928. The first kappa shape index (κ1) is 12.7. The number of nitrogens with one attached hydrogen (secondary N) is 1. The Hall–Kier alpha value is -1.34. The largest absolute Gasteiger partial charge is 0.352 e. The SMILES string of the molecule is C=CCNC(=O)CN(C)CC(C)C#N. The second-order valence-electron chi connectivity index (χ2n) is 3.32. The topological polar surface area (TPSA) is 56.1 Å². The summed E-state index contributed by atoms with van der Waals surface area (Å²) in [6.45, 7) is 6.75. The fourth-order valence-corrected chi connectivity index (χ4v) is 1.06. The Bertz CT molecular complexity index is 232. The molecular weight excluding hydrogens is 178 g/mol. The monoisotopic (exact) mass is 195 g/mol. The van der Waals surface area contributed by atoms with Gasteiger partial charge in [-0.05, 0) is 14.0 Å². The van der Waals surface area contributed by atoms with E-state index in [1.165, 1.54) is 0 Å². The van der Waals surface area contributed by atoms with Crippen LogP contribution in [0.2, 0.25) is 0 Å². The van der Waals surface area contributed by atoms with Gasteiger partial charge in [0.1, 0.15) is 0 Å². The Labute approximate surface area is 85.2 Å². The van der Waals surface area contributed by atoms with Crippen LogP contribution in [0.3, 0.4) is 0 Å². The molecule has 0 fully saturated rings. The van der Waals surface area contributed by atoms with Crippen LogP contribution in [0, 0.1) is 17.2 Å². The number of hydrogen-bond donors (Lipinski definition) is 1. The summed E-state index contributed by atoms with van der Waals surface area (Å²) in [5, 5.41) is 11.2. The molecule has 1 N–H and O–H groups in total. The van der Waals surface area contributed by atoms with Crippen molar-refractivity contribution in [2.24, 2.45) is 5.92 Å². The molecule has 0 spiro atoms. The van der Waals surface area contributed by atoms with E-state index in [9.17, 15) is 4.79 Å². The molecule has 1 unspecified atom stereocenters. The molecule has 78 valence electrons. The maximum absolute atomic E-state index is 11.2. The maximum Gasteiger partial charge on any atom is 0.234 e. The first-order valence-electron chi connectivity index (χ1n) is 4.56. The molecule has 1 atom stereocenters. The fraction of sp³-hybridized carbons (Fsp3) is 0.600. The third-order valence-corrected chi connectivity index (χ3v) is 1.66. The van der Waals surface area contributed by atoms with Gasteiger partial charge in [0, 0.05) is 13.1 Å². The van der Waals surface area contributed by atoms with Gasteiger partial charge in [0.15, 0.2) is 0 Å². The second kappa shape index (κ2) is 7.10. The third kappa shape index (κ3) is 6.21. The minimum absolute atomic E-state index is 0.0439. The van der Waals surface area contributed by atoms with Crippen molar-refractivity contribution in [3.05, 3.63) is 12.7 Å². The molecule has 0 heterocycles. The van der Waals surface area contributed by atoms with Crippen LogP contribution >= 0.6 is 0 Å². The van der Waals surface area contributed by atoms with Crippen molar-refractivity contribution in [1.82, 2.24) is 10.2 Å². The summed E-state index contributed by atoms with van der Waals surface area (Å²) >= 11 is 0. The zero-order chi connectivity index (χ0) is 11.0. The summed E-state index contributed by atoms with van der Waals surface area (Å²) in [7, 11) is 1.82. The molecular formula is C10H17N3O. The molecule has 0 bridgehead atoms. The van der Waals surface area contributed by atoms with Crippen molar-refractivity contribution in [2.45, 2.75) is 6.92 Å². The van der Waals surface area contributed by atoms with Gasteiger partial charge in [-0.15, -0.1) is 6.58 Å². The van der Waals surface area contributed by atoms with Crippen LogP contribution in [0.1, 0.15) is 6.92 Å². The van der Waals surface area contributed by atoms with E-state index in [4.69, 9.17) is 5.26 Å².